The van der Waals surface area contributed by atoms with E-state index in [1.54, 1.807) is 0 Å². The zero-order chi connectivity index (χ0) is 41.0. The maximum absolute atomic E-state index is 8.98. The summed E-state index contributed by atoms with van der Waals surface area (Å²) < 4.78 is 2.12. The van der Waals surface area contributed by atoms with Crippen molar-refractivity contribution in [3.63, 3.8) is 0 Å². The van der Waals surface area contributed by atoms with Gasteiger partial charge >= 0.3 is 0 Å². The van der Waals surface area contributed by atoms with Gasteiger partial charge in [-0.1, -0.05) is 200 Å². The van der Waals surface area contributed by atoms with Crippen LogP contribution >= 0.6 is 0 Å². The van der Waals surface area contributed by atoms with Crippen molar-refractivity contribution >= 4 is 39.3 Å². The Morgan fingerprint density at radius 3 is 1.66 bits per heavy atom. The minimum atomic E-state index is 0.398. The van der Waals surface area contributed by atoms with Crippen LogP contribution in [0, 0.1) is 5.41 Å². The largest absolute Gasteiger partial charge is 0.300 e. The Hall–Kier alpha value is -8.21. The summed E-state index contributed by atoms with van der Waals surface area (Å²) in [5, 5.41) is 17.7. The maximum Gasteiger partial charge on any atom is 0.101 e. The Labute approximate surface area is 355 Å². The lowest BCUT2D eigenvalue weighted by molar-refractivity contribution is 0.918. The molecular weight excluding hydrogens is 741 g/mol. The lowest BCUT2D eigenvalue weighted by Gasteiger charge is -2.13. The van der Waals surface area contributed by atoms with Crippen molar-refractivity contribution in [2.45, 2.75) is 0 Å². The van der Waals surface area contributed by atoms with Gasteiger partial charge in [-0.3, -0.25) is 4.99 Å². The van der Waals surface area contributed by atoms with Gasteiger partial charge in [0.05, 0.1) is 22.6 Å². The second kappa shape index (κ2) is 16.6. The molecule has 288 valence electrons. The van der Waals surface area contributed by atoms with E-state index >= 15 is 0 Å². The fourth-order valence-electron chi connectivity index (χ4n) is 8.02. The van der Waals surface area contributed by atoms with E-state index in [2.05, 4.69) is 181 Å². The van der Waals surface area contributed by atoms with Gasteiger partial charge in [0.25, 0.3) is 0 Å². The third-order valence-corrected chi connectivity index (χ3v) is 11.1. The number of allylic oxidation sites excluding steroid dienone is 1. The number of benzene rings is 9. The normalized spacial score (nSPS) is 11.7. The first-order valence-electron chi connectivity index (χ1n) is 20.5. The highest BCUT2D eigenvalue weighted by atomic mass is 15.3. The predicted molar refractivity (Wildman–Crippen MR) is 256 cm³/mol. The molecule has 0 saturated heterocycles. The number of nitrogens with one attached hydrogen (secondary N) is 1. The molecule has 0 fully saturated rings. The molecule has 0 saturated carbocycles. The average molecular weight is 781 g/mol. The average Bonchev–Trinajstić information content (AvgIpc) is 3.75. The van der Waals surface area contributed by atoms with Gasteiger partial charge in [-0.25, -0.2) is 4.68 Å². The molecule has 1 heterocycles. The monoisotopic (exact) mass is 780 g/mol. The third-order valence-electron chi connectivity index (χ3n) is 11.1. The van der Waals surface area contributed by atoms with Crippen molar-refractivity contribution in [2.24, 2.45) is 4.99 Å². The predicted octanol–water partition coefficient (Wildman–Crippen LogP) is 14.4. The van der Waals surface area contributed by atoms with Gasteiger partial charge in [0.15, 0.2) is 0 Å². The van der Waals surface area contributed by atoms with Gasteiger partial charge in [-0.15, -0.1) is 0 Å². The van der Waals surface area contributed by atoms with E-state index in [9.17, 15) is 0 Å². The zero-order valence-corrected chi connectivity index (χ0v) is 33.4. The van der Waals surface area contributed by atoms with Crippen molar-refractivity contribution in [3.05, 3.63) is 247 Å². The summed E-state index contributed by atoms with van der Waals surface area (Å²) in [5.74, 6) is 0. The van der Waals surface area contributed by atoms with Crippen molar-refractivity contribution < 1.29 is 0 Å². The zero-order valence-electron chi connectivity index (χ0n) is 33.4. The highest BCUT2D eigenvalue weighted by Gasteiger charge is 2.21. The van der Waals surface area contributed by atoms with Crippen LogP contribution in [0.1, 0.15) is 16.7 Å². The molecule has 0 aliphatic rings. The van der Waals surface area contributed by atoms with Crippen LogP contribution in [0.3, 0.4) is 0 Å². The smallest absolute Gasteiger partial charge is 0.101 e. The molecule has 0 aliphatic carbocycles. The van der Waals surface area contributed by atoms with Crippen LogP contribution < -0.4 is 0 Å². The van der Waals surface area contributed by atoms with Gasteiger partial charge in [0.2, 0.25) is 0 Å². The van der Waals surface area contributed by atoms with E-state index in [0.717, 1.165) is 83.1 Å². The summed E-state index contributed by atoms with van der Waals surface area (Å²) in [4.78, 5) is 4.99. The van der Waals surface area contributed by atoms with Crippen LogP contribution in [0.5, 0.6) is 0 Å². The molecule has 9 aromatic carbocycles. The van der Waals surface area contributed by atoms with E-state index in [0.29, 0.717) is 11.4 Å². The van der Waals surface area contributed by atoms with Crippen LogP contribution in [-0.4, -0.2) is 21.7 Å². The Morgan fingerprint density at radius 1 is 0.475 bits per heavy atom. The van der Waals surface area contributed by atoms with Crippen molar-refractivity contribution in [2.75, 3.05) is 0 Å². The van der Waals surface area contributed by atoms with Gasteiger partial charge < -0.3 is 5.41 Å². The SMILES string of the molecule is N=C(/C=C(\N=C\c1ccc(-c2ccccc2)cc1)c1ccc(-c2ccc3cc(-c4ccccc4)c4c(-c5ccccc5)nn(-c5ccccc5)c4c3c2)cc1)c1ccccc1. The fourth-order valence-corrected chi connectivity index (χ4v) is 8.02. The number of aliphatic imine (C=N–C) groups is 1. The van der Waals surface area contributed by atoms with Crippen LogP contribution in [0.25, 0.3) is 77.7 Å². The number of rotatable bonds is 10. The third kappa shape index (κ3) is 7.62. The molecule has 0 amide bonds. The van der Waals surface area contributed by atoms with Gasteiger partial charge in [0, 0.05) is 28.1 Å². The van der Waals surface area contributed by atoms with Crippen LogP contribution in [0.4, 0.5) is 0 Å². The summed E-state index contributed by atoms with van der Waals surface area (Å²) >= 11 is 0. The number of hydrogen-bond donors (Lipinski definition) is 1. The Kier molecular flexibility index (Phi) is 10.1. The number of nitrogens with zero attached hydrogens (tertiary/aromatic N) is 3. The Morgan fingerprint density at radius 2 is 1.00 bits per heavy atom. The van der Waals surface area contributed by atoms with Crippen molar-refractivity contribution in [1.82, 2.24) is 9.78 Å². The molecule has 0 atom stereocenters. The lowest BCUT2D eigenvalue weighted by atomic mass is 9.92. The van der Waals surface area contributed by atoms with Crippen LogP contribution in [0.15, 0.2) is 236 Å². The molecule has 61 heavy (non-hydrogen) atoms. The van der Waals surface area contributed by atoms with Crippen molar-refractivity contribution in [1.29, 1.82) is 5.41 Å². The quantitative estimate of drug-likeness (QED) is 0.138. The first kappa shape index (κ1) is 37.1. The molecule has 10 aromatic rings. The molecule has 0 spiro atoms. The molecule has 4 nitrogen and oxygen atoms in total. The van der Waals surface area contributed by atoms with E-state index in [-0.39, 0.29) is 0 Å². The number of hydrogen-bond acceptors (Lipinski definition) is 3. The lowest BCUT2D eigenvalue weighted by Crippen LogP contribution is -1.97. The Bertz CT molecular complexity index is 3190. The molecule has 1 aromatic heterocycles. The van der Waals surface area contributed by atoms with E-state index in [1.165, 1.54) is 5.56 Å². The molecule has 10 rings (SSSR count). The fraction of sp³-hybridized carbons (Fsp3) is 0. The molecule has 0 radical (unpaired) electrons. The molecule has 0 bridgehead atoms. The van der Waals surface area contributed by atoms with Crippen LogP contribution in [0.2, 0.25) is 0 Å². The summed E-state index contributed by atoms with van der Waals surface area (Å²) in [6.45, 7) is 0. The molecule has 0 aliphatic heterocycles. The second-order valence-electron chi connectivity index (χ2n) is 15.0. The first-order valence-corrected chi connectivity index (χ1v) is 20.5. The number of aromatic nitrogens is 2. The minimum absolute atomic E-state index is 0.398. The van der Waals surface area contributed by atoms with Gasteiger partial charge in [-0.05, 0) is 80.2 Å². The summed E-state index contributed by atoms with van der Waals surface area (Å²) in [5.41, 5.74) is 14.7. The highest BCUT2D eigenvalue weighted by Crippen LogP contribution is 2.42. The highest BCUT2D eigenvalue weighted by molar-refractivity contribution is 6.18. The first-order chi connectivity index (χ1) is 30.2. The van der Waals surface area contributed by atoms with Crippen LogP contribution in [-0.2, 0) is 0 Å². The molecule has 1 N–H and O–H groups in total. The maximum atomic E-state index is 8.98. The summed E-state index contributed by atoms with van der Waals surface area (Å²) in [7, 11) is 0. The molecule has 4 heteroatoms. The van der Waals surface area contributed by atoms with Gasteiger partial charge in [-0.2, -0.15) is 5.10 Å². The second-order valence-corrected chi connectivity index (χ2v) is 15.0. The van der Waals surface area contributed by atoms with E-state index < -0.39 is 0 Å². The van der Waals surface area contributed by atoms with E-state index in [1.807, 2.05) is 60.8 Å². The topological polar surface area (TPSA) is 54.0 Å². The molecule has 0 unspecified atom stereocenters. The van der Waals surface area contributed by atoms with Gasteiger partial charge in [0.1, 0.15) is 5.69 Å². The summed E-state index contributed by atoms with van der Waals surface area (Å²) in [6.07, 6.45) is 3.73. The minimum Gasteiger partial charge on any atom is -0.300 e. The number of fused-ring (bicyclic) bond motifs is 3. The molecular formula is C57H40N4. The number of para-hydroxylation sites is 1. The van der Waals surface area contributed by atoms with E-state index in [4.69, 9.17) is 15.5 Å². The summed E-state index contributed by atoms with van der Waals surface area (Å²) in [6, 6.07) is 77.7. The standard InChI is InChI=1S/C57H40N4/c58-53(45-20-10-3-11-21-45)38-54(59-39-40-26-28-42(29-27-40)41-16-6-1-7-17-41)46-32-30-43(31-33-46)48-34-35-49-37-51(44-18-8-2-9-19-44)55-56(47-22-12-4-13-23-47)60-61(57(55)52(49)36-48)50-24-14-5-15-25-50/h1-39,58H/b54-38-,58-53?,59-39+. The Balaban J connectivity index is 1.07. The van der Waals surface area contributed by atoms with Crippen molar-refractivity contribution in [3.8, 4) is 50.3 Å².